The van der Waals surface area contributed by atoms with Crippen molar-refractivity contribution < 1.29 is 4.39 Å². The topological polar surface area (TPSA) is 34.0 Å². The molecule has 108 valence electrons. The van der Waals surface area contributed by atoms with Crippen molar-refractivity contribution in [3.05, 3.63) is 53.5 Å². The Kier molecular flexibility index (Phi) is 3.51. The second kappa shape index (κ2) is 5.33. The molecule has 0 saturated carbocycles. The molecule has 0 aliphatic carbocycles. The summed E-state index contributed by atoms with van der Waals surface area (Å²) in [6.07, 6.45) is 5.10. The van der Waals surface area contributed by atoms with Crippen LogP contribution in [0.25, 0.3) is 10.9 Å². The highest BCUT2D eigenvalue weighted by molar-refractivity contribution is 6.35. The van der Waals surface area contributed by atoms with Crippen LogP contribution in [0.4, 0.5) is 10.1 Å². The average molecular weight is 305 g/mol. The molecule has 0 atom stereocenters. The molecule has 1 aromatic carbocycles. The molecule has 0 unspecified atom stereocenters. The van der Waals surface area contributed by atoms with Gasteiger partial charge in [0.05, 0.1) is 17.3 Å². The lowest BCUT2D eigenvalue weighted by molar-refractivity contribution is 0.628. The molecule has 2 aromatic heterocycles. The van der Waals surface area contributed by atoms with Gasteiger partial charge in [-0.05, 0) is 18.2 Å². The number of pyridine rings is 1. The highest BCUT2D eigenvalue weighted by Crippen LogP contribution is 2.29. The molecule has 3 rings (SSSR count). The van der Waals surface area contributed by atoms with E-state index in [0.717, 1.165) is 5.82 Å². The summed E-state index contributed by atoms with van der Waals surface area (Å²) in [6, 6.07) is 5.16. The number of fused-ring (bicyclic) bond motifs is 1. The first kappa shape index (κ1) is 13.8. The summed E-state index contributed by atoms with van der Waals surface area (Å²) in [5.74, 6) is 0.489. The fourth-order valence-electron chi connectivity index (χ4n) is 2.28. The second-order valence-electron chi connectivity index (χ2n) is 4.90. The molecule has 6 heteroatoms. The van der Waals surface area contributed by atoms with Crippen molar-refractivity contribution in [2.75, 3.05) is 11.9 Å². The third-order valence-corrected chi connectivity index (χ3v) is 3.82. The quantitative estimate of drug-likeness (QED) is 0.744. The maximum absolute atomic E-state index is 14.6. The third kappa shape index (κ3) is 2.45. The van der Waals surface area contributed by atoms with Crippen LogP contribution >= 0.6 is 11.6 Å². The summed E-state index contributed by atoms with van der Waals surface area (Å²) in [6.45, 7) is 0.506. The van der Waals surface area contributed by atoms with E-state index < -0.39 is 0 Å². The lowest BCUT2D eigenvalue weighted by atomic mass is 10.1. The van der Waals surface area contributed by atoms with E-state index in [1.54, 1.807) is 29.3 Å². The van der Waals surface area contributed by atoms with Gasteiger partial charge in [0.1, 0.15) is 11.3 Å². The van der Waals surface area contributed by atoms with Crippen LogP contribution in [0.3, 0.4) is 0 Å². The third-order valence-electron chi connectivity index (χ3n) is 3.49. The van der Waals surface area contributed by atoms with E-state index in [1.165, 1.54) is 6.20 Å². The first-order valence-electron chi connectivity index (χ1n) is 6.48. The van der Waals surface area contributed by atoms with Gasteiger partial charge >= 0.3 is 0 Å². The molecular weight excluding hydrogens is 291 g/mol. The number of aromatic nitrogens is 3. The SMILES string of the molecule is CN(Cc1nccn1C)c1ccc2c(Cl)ccnc2c1F. The first-order chi connectivity index (χ1) is 10.1. The first-order valence-corrected chi connectivity index (χ1v) is 6.86. The molecule has 4 nitrogen and oxygen atoms in total. The van der Waals surface area contributed by atoms with E-state index >= 15 is 0 Å². The Morgan fingerprint density at radius 1 is 1.24 bits per heavy atom. The van der Waals surface area contributed by atoms with Crippen LogP contribution in [0.1, 0.15) is 5.82 Å². The van der Waals surface area contributed by atoms with Crippen LogP contribution in [0.2, 0.25) is 5.02 Å². The Bertz CT molecular complexity index is 799. The van der Waals surface area contributed by atoms with Crippen LogP contribution in [-0.2, 0) is 13.6 Å². The molecule has 0 aliphatic rings. The number of rotatable bonds is 3. The lowest BCUT2D eigenvalue weighted by Gasteiger charge is -2.20. The molecule has 0 spiro atoms. The van der Waals surface area contributed by atoms with Crippen molar-refractivity contribution in [2.24, 2.45) is 7.05 Å². The van der Waals surface area contributed by atoms with Gasteiger partial charge in [-0.15, -0.1) is 0 Å². The van der Waals surface area contributed by atoms with Gasteiger partial charge in [-0.3, -0.25) is 4.98 Å². The molecule has 21 heavy (non-hydrogen) atoms. The summed E-state index contributed by atoms with van der Waals surface area (Å²) in [4.78, 5) is 10.1. The van der Waals surface area contributed by atoms with E-state index in [9.17, 15) is 4.39 Å². The Labute approximate surface area is 126 Å². The second-order valence-corrected chi connectivity index (χ2v) is 5.31. The Hall–Kier alpha value is -2.14. The smallest absolute Gasteiger partial charge is 0.172 e. The van der Waals surface area contributed by atoms with Crippen LogP contribution < -0.4 is 4.90 Å². The standard InChI is InChI=1S/C15H14ClFN4/c1-20-8-7-18-13(20)9-21(2)12-4-3-10-11(16)5-6-19-15(10)14(12)17/h3-8H,9H2,1-2H3. The maximum atomic E-state index is 14.6. The zero-order valence-corrected chi connectivity index (χ0v) is 12.5. The van der Waals surface area contributed by atoms with E-state index in [2.05, 4.69) is 9.97 Å². The van der Waals surface area contributed by atoms with Crippen LogP contribution in [0.5, 0.6) is 0 Å². The van der Waals surface area contributed by atoms with Gasteiger partial charge in [0.25, 0.3) is 0 Å². The largest absolute Gasteiger partial charge is 0.365 e. The van der Waals surface area contributed by atoms with Gasteiger partial charge in [0.15, 0.2) is 5.82 Å². The van der Waals surface area contributed by atoms with E-state index in [-0.39, 0.29) is 11.3 Å². The van der Waals surface area contributed by atoms with Crippen molar-refractivity contribution >= 4 is 28.2 Å². The number of imidazole rings is 1. The van der Waals surface area contributed by atoms with E-state index in [1.807, 2.05) is 24.9 Å². The molecule has 0 N–H and O–H groups in total. The molecule has 0 saturated heterocycles. The molecule has 3 aromatic rings. The number of hydrogen-bond donors (Lipinski definition) is 0. The summed E-state index contributed by atoms with van der Waals surface area (Å²) in [5, 5.41) is 1.11. The zero-order chi connectivity index (χ0) is 15.0. The van der Waals surface area contributed by atoms with Crippen molar-refractivity contribution in [1.29, 1.82) is 0 Å². The predicted molar refractivity (Wildman–Crippen MR) is 82.0 cm³/mol. The summed E-state index contributed by atoms with van der Waals surface area (Å²) in [7, 11) is 3.73. The number of halogens is 2. The number of anilines is 1. The van der Waals surface area contributed by atoms with Crippen molar-refractivity contribution in [3.8, 4) is 0 Å². The lowest BCUT2D eigenvalue weighted by Crippen LogP contribution is -2.20. The summed E-state index contributed by atoms with van der Waals surface area (Å²) < 4.78 is 16.5. The number of hydrogen-bond acceptors (Lipinski definition) is 3. The van der Waals surface area contributed by atoms with Crippen LogP contribution in [0, 0.1) is 5.82 Å². The summed E-state index contributed by atoms with van der Waals surface area (Å²) in [5.41, 5.74) is 0.756. The molecule has 0 radical (unpaired) electrons. The molecule has 0 aliphatic heterocycles. The highest BCUT2D eigenvalue weighted by atomic mass is 35.5. The fraction of sp³-hybridized carbons (Fsp3) is 0.200. The Morgan fingerprint density at radius 2 is 2.05 bits per heavy atom. The highest BCUT2D eigenvalue weighted by Gasteiger charge is 2.15. The van der Waals surface area contributed by atoms with Gasteiger partial charge < -0.3 is 9.47 Å². The summed E-state index contributed by atoms with van der Waals surface area (Å²) >= 11 is 6.06. The van der Waals surface area contributed by atoms with Gasteiger partial charge in [0.2, 0.25) is 0 Å². The Morgan fingerprint density at radius 3 is 2.76 bits per heavy atom. The van der Waals surface area contributed by atoms with E-state index in [4.69, 9.17) is 11.6 Å². The molecular formula is C15H14ClFN4. The number of nitrogens with zero attached hydrogens (tertiary/aromatic N) is 4. The minimum Gasteiger partial charge on any atom is -0.365 e. The monoisotopic (exact) mass is 304 g/mol. The minimum atomic E-state index is -0.369. The van der Waals surface area contributed by atoms with Gasteiger partial charge in [-0.25, -0.2) is 9.37 Å². The van der Waals surface area contributed by atoms with E-state index in [0.29, 0.717) is 22.6 Å². The fourth-order valence-corrected chi connectivity index (χ4v) is 2.49. The Balaban J connectivity index is 2.01. The average Bonchev–Trinajstić information content (AvgIpc) is 2.85. The molecule has 0 bridgehead atoms. The zero-order valence-electron chi connectivity index (χ0n) is 11.7. The predicted octanol–water partition coefficient (Wildman–Crippen LogP) is 3.40. The molecule has 0 amide bonds. The normalized spacial score (nSPS) is 11.0. The van der Waals surface area contributed by atoms with Crippen LogP contribution in [0.15, 0.2) is 36.8 Å². The number of benzene rings is 1. The van der Waals surface area contributed by atoms with Crippen molar-refractivity contribution in [2.45, 2.75) is 6.54 Å². The minimum absolute atomic E-state index is 0.284. The van der Waals surface area contributed by atoms with Gasteiger partial charge in [-0.2, -0.15) is 0 Å². The van der Waals surface area contributed by atoms with Gasteiger partial charge in [-0.1, -0.05) is 11.6 Å². The molecule has 0 fully saturated rings. The van der Waals surface area contributed by atoms with Crippen molar-refractivity contribution in [1.82, 2.24) is 14.5 Å². The van der Waals surface area contributed by atoms with Crippen LogP contribution in [-0.4, -0.2) is 21.6 Å². The van der Waals surface area contributed by atoms with Crippen molar-refractivity contribution in [3.63, 3.8) is 0 Å². The van der Waals surface area contributed by atoms with Gasteiger partial charge in [0, 0.05) is 38.1 Å². The maximum Gasteiger partial charge on any atom is 0.172 e. The number of aryl methyl sites for hydroxylation is 1. The molecule has 2 heterocycles.